The molecule has 1 saturated heterocycles. The molecule has 0 amide bonds. The number of sulfonamides is 1. The molecule has 0 bridgehead atoms. The van der Waals surface area contributed by atoms with Crippen LogP contribution >= 0.6 is 11.3 Å². The zero-order valence-corrected chi connectivity index (χ0v) is 12.6. The van der Waals surface area contributed by atoms with E-state index in [1.807, 2.05) is 16.8 Å². The highest BCUT2D eigenvalue weighted by atomic mass is 32.2. The molecule has 0 radical (unpaired) electrons. The maximum absolute atomic E-state index is 13.2. The topological polar surface area (TPSA) is 37.4 Å². The van der Waals surface area contributed by atoms with E-state index in [4.69, 9.17) is 0 Å². The van der Waals surface area contributed by atoms with Crippen LogP contribution in [0, 0.1) is 11.6 Å². The molecule has 7 heteroatoms. The third-order valence-corrected chi connectivity index (χ3v) is 6.26. The van der Waals surface area contributed by atoms with Crippen molar-refractivity contribution in [3.05, 3.63) is 52.2 Å². The van der Waals surface area contributed by atoms with Gasteiger partial charge in [0.05, 0.1) is 4.90 Å². The third kappa shape index (κ3) is 2.73. The van der Waals surface area contributed by atoms with Crippen LogP contribution in [0.15, 0.2) is 39.9 Å². The van der Waals surface area contributed by atoms with Gasteiger partial charge in [-0.25, -0.2) is 17.2 Å². The van der Waals surface area contributed by atoms with Gasteiger partial charge < -0.3 is 0 Å². The monoisotopic (exact) mass is 329 g/mol. The van der Waals surface area contributed by atoms with Gasteiger partial charge in [0.25, 0.3) is 0 Å². The smallest absolute Gasteiger partial charge is 0.207 e. The fourth-order valence-corrected chi connectivity index (χ4v) is 4.77. The summed E-state index contributed by atoms with van der Waals surface area (Å²) in [5.41, 5.74) is 1.13. The Labute approximate surface area is 125 Å². The second kappa shape index (κ2) is 5.47. The molecule has 21 heavy (non-hydrogen) atoms. The normalized spacial score (nSPS) is 20.0. The summed E-state index contributed by atoms with van der Waals surface area (Å²) in [5.74, 6) is -2.03. The molecule has 2 heterocycles. The van der Waals surface area contributed by atoms with Crippen LogP contribution in [0.2, 0.25) is 0 Å². The molecular formula is C14H13F2NO2S2. The van der Waals surface area contributed by atoms with Gasteiger partial charge in [0.15, 0.2) is 11.6 Å². The highest BCUT2D eigenvalue weighted by Gasteiger charge is 2.33. The van der Waals surface area contributed by atoms with Gasteiger partial charge >= 0.3 is 0 Å². The van der Waals surface area contributed by atoms with E-state index < -0.39 is 21.7 Å². The van der Waals surface area contributed by atoms with Crippen LogP contribution in [0.1, 0.15) is 17.9 Å². The van der Waals surface area contributed by atoms with Crippen LogP contribution < -0.4 is 0 Å². The molecule has 1 unspecified atom stereocenters. The highest BCUT2D eigenvalue weighted by Crippen LogP contribution is 2.32. The first-order valence-electron chi connectivity index (χ1n) is 6.46. The largest absolute Gasteiger partial charge is 0.243 e. The minimum absolute atomic E-state index is 0.163. The van der Waals surface area contributed by atoms with E-state index in [2.05, 4.69) is 0 Å². The number of hydrogen-bond donors (Lipinski definition) is 0. The van der Waals surface area contributed by atoms with Gasteiger partial charge in [-0.2, -0.15) is 15.6 Å². The van der Waals surface area contributed by atoms with Crippen molar-refractivity contribution >= 4 is 21.4 Å². The first kappa shape index (κ1) is 14.6. The second-order valence-electron chi connectivity index (χ2n) is 4.98. The first-order chi connectivity index (χ1) is 9.98. The standard InChI is InChI=1S/C14H13F2NO2S2/c15-13-2-1-12(7-14(13)16)21(18,19)17-5-3-10(8-17)11-4-6-20-9-11/h1-2,4,6-7,9-10H,3,5,8H2. The zero-order valence-electron chi connectivity index (χ0n) is 11.0. The summed E-state index contributed by atoms with van der Waals surface area (Å²) in [6.07, 6.45) is 0.736. The van der Waals surface area contributed by atoms with Gasteiger partial charge in [-0.15, -0.1) is 0 Å². The predicted molar refractivity (Wildman–Crippen MR) is 76.8 cm³/mol. The molecule has 0 spiro atoms. The summed E-state index contributed by atoms with van der Waals surface area (Å²) in [5, 5.41) is 3.97. The van der Waals surface area contributed by atoms with Crippen molar-refractivity contribution in [3.8, 4) is 0 Å². The van der Waals surface area contributed by atoms with E-state index >= 15 is 0 Å². The third-order valence-electron chi connectivity index (χ3n) is 3.69. The predicted octanol–water partition coefficient (Wildman–Crippen LogP) is 3.20. The molecule has 3 nitrogen and oxygen atoms in total. The molecule has 1 atom stereocenters. The molecule has 112 valence electrons. The van der Waals surface area contributed by atoms with Crippen LogP contribution in [-0.4, -0.2) is 25.8 Å². The van der Waals surface area contributed by atoms with Gasteiger partial charge in [-0.05, 0) is 52.9 Å². The van der Waals surface area contributed by atoms with Crippen molar-refractivity contribution in [2.45, 2.75) is 17.2 Å². The molecule has 1 aromatic carbocycles. The fraction of sp³-hybridized carbons (Fsp3) is 0.286. The highest BCUT2D eigenvalue weighted by molar-refractivity contribution is 7.89. The van der Waals surface area contributed by atoms with Gasteiger partial charge in [0.1, 0.15) is 0 Å². The maximum Gasteiger partial charge on any atom is 0.243 e. The average molecular weight is 329 g/mol. The molecule has 2 aromatic rings. The Morgan fingerprint density at radius 3 is 2.67 bits per heavy atom. The Balaban J connectivity index is 1.84. The summed E-state index contributed by atoms with van der Waals surface area (Å²) in [6.45, 7) is 0.764. The van der Waals surface area contributed by atoms with Crippen molar-refractivity contribution < 1.29 is 17.2 Å². The van der Waals surface area contributed by atoms with Crippen LogP contribution in [0.3, 0.4) is 0 Å². The van der Waals surface area contributed by atoms with Crippen molar-refractivity contribution in [2.24, 2.45) is 0 Å². The summed E-state index contributed by atoms with van der Waals surface area (Å²) in [6, 6.07) is 4.67. The van der Waals surface area contributed by atoms with Crippen molar-refractivity contribution in [3.63, 3.8) is 0 Å². The van der Waals surface area contributed by atoms with Crippen LogP contribution in [0.25, 0.3) is 0 Å². The molecule has 0 aliphatic carbocycles. The van der Waals surface area contributed by atoms with Gasteiger partial charge in [-0.3, -0.25) is 0 Å². The maximum atomic E-state index is 13.2. The summed E-state index contributed by atoms with van der Waals surface area (Å²) in [7, 11) is -3.77. The Kier molecular flexibility index (Phi) is 3.81. The Bertz CT molecular complexity index is 744. The number of benzene rings is 1. The molecular weight excluding hydrogens is 316 g/mol. The van der Waals surface area contributed by atoms with E-state index in [1.165, 1.54) is 4.31 Å². The van der Waals surface area contributed by atoms with Crippen molar-refractivity contribution in [1.82, 2.24) is 4.31 Å². The Morgan fingerprint density at radius 1 is 1.19 bits per heavy atom. The minimum atomic E-state index is -3.77. The van der Waals surface area contributed by atoms with E-state index in [9.17, 15) is 17.2 Å². The number of halogens is 2. The van der Waals surface area contributed by atoms with Gasteiger partial charge in [0, 0.05) is 13.1 Å². The lowest BCUT2D eigenvalue weighted by molar-refractivity contribution is 0.469. The Hall–Kier alpha value is -1.31. The lowest BCUT2D eigenvalue weighted by Crippen LogP contribution is -2.28. The number of rotatable bonds is 3. The molecule has 0 saturated carbocycles. The molecule has 3 rings (SSSR count). The quantitative estimate of drug-likeness (QED) is 0.867. The van der Waals surface area contributed by atoms with E-state index in [0.717, 1.165) is 30.2 Å². The molecule has 1 fully saturated rings. The molecule has 1 aliphatic rings. The minimum Gasteiger partial charge on any atom is -0.207 e. The molecule has 1 aliphatic heterocycles. The van der Waals surface area contributed by atoms with E-state index in [1.54, 1.807) is 11.3 Å². The number of nitrogens with zero attached hydrogens (tertiary/aromatic N) is 1. The zero-order chi connectivity index (χ0) is 15.0. The lowest BCUT2D eigenvalue weighted by atomic mass is 10.0. The van der Waals surface area contributed by atoms with Gasteiger partial charge in [0.2, 0.25) is 10.0 Å². The van der Waals surface area contributed by atoms with Crippen molar-refractivity contribution in [2.75, 3.05) is 13.1 Å². The van der Waals surface area contributed by atoms with Crippen molar-refractivity contribution in [1.29, 1.82) is 0 Å². The summed E-state index contributed by atoms with van der Waals surface area (Å²) in [4.78, 5) is -0.202. The lowest BCUT2D eigenvalue weighted by Gasteiger charge is -2.16. The van der Waals surface area contributed by atoms with Crippen LogP contribution in [-0.2, 0) is 10.0 Å². The van der Waals surface area contributed by atoms with Crippen LogP contribution in [0.5, 0.6) is 0 Å². The summed E-state index contributed by atoms with van der Waals surface area (Å²) >= 11 is 1.58. The van der Waals surface area contributed by atoms with Crippen LogP contribution in [0.4, 0.5) is 8.78 Å². The molecule has 1 aromatic heterocycles. The fourth-order valence-electron chi connectivity index (χ4n) is 2.51. The number of hydrogen-bond acceptors (Lipinski definition) is 3. The van der Waals surface area contributed by atoms with Gasteiger partial charge in [-0.1, -0.05) is 0 Å². The second-order valence-corrected chi connectivity index (χ2v) is 7.70. The summed E-state index contributed by atoms with van der Waals surface area (Å²) < 4.78 is 52.4. The van der Waals surface area contributed by atoms with E-state index in [0.29, 0.717) is 13.1 Å². The Morgan fingerprint density at radius 2 is 2.00 bits per heavy atom. The number of thiophene rings is 1. The molecule has 0 N–H and O–H groups in total. The average Bonchev–Trinajstić information content (AvgIpc) is 3.11. The first-order valence-corrected chi connectivity index (χ1v) is 8.84. The SMILES string of the molecule is O=S(=O)(c1ccc(F)c(F)c1)N1CCC(c2ccsc2)C1. The van der Waals surface area contributed by atoms with E-state index in [-0.39, 0.29) is 10.8 Å².